The van der Waals surface area contributed by atoms with E-state index in [1.807, 2.05) is 0 Å². The molecule has 130 valence electrons. The lowest BCUT2D eigenvalue weighted by atomic mass is 9.95. The van der Waals surface area contributed by atoms with E-state index in [2.05, 4.69) is 0 Å². The molecule has 0 spiro atoms. The zero-order valence-corrected chi connectivity index (χ0v) is 14.6. The summed E-state index contributed by atoms with van der Waals surface area (Å²) >= 11 is 0. The molecule has 0 aromatic rings. The van der Waals surface area contributed by atoms with Gasteiger partial charge >= 0.3 is 5.97 Å². The van der Waals surface area contributed by atoms with Crippen molar-refractivity contribution >= 4 is 21.7 Å². The Balaban J connectivity index is 1.88. The second-order valence-electron chi connectivity index (χ2n) is 6.45. The molecule has 7 heteroatoms. The summed E-state index contributed by atoms with van der Waals surface area (Å²) in [5.74, 6) is -0.757. The molecule has 1 aliphatic heterocycles. The highest BCUT2D eigenvalue weighted by atomic mass is 32.2. The summed E-state index contributed by atoms with van der Waals surface area (Å²) in [5, 5.41) is 0. The molecule has 0 unspecified atom stereocenters. The third-order valence-corrected chi connectivity index (χ3v) is 6.31. The Morgan fingerprint density at radius 2 is 1.91 bits per heavy atom. The van der Waals surface area contributed by atoms with Crippen LogP contribution in [0.2, 0.25) is 0 Å². The molecule has 0 aromatic heterocycles. The second-order valence-corrected chi connectivity index (χ2v) is 8.68. The average molecular weight is 343 g/mol. The number of rotatable bonds is 4. The number of hydrogen-bond donors (Lipinski definition) is 0. The first-order valence-electron chi connectivity index (χ1n) is 8.15. The van der Waals surface area contributed by atoms with Crippen LogP contribution in [0, 0.1) is 0 Å². The van der Waals surface area contributed by atoms with Crippen molar-refractivity contribution in [1.82, 2.24) is 4.90 Å². The third-order valence-electron chi connectivity index (χ3n) is 4.56. The molecule has 2 rings (SSSR count). The fourth-order valence-corrected chi connectivity index (χ4v) is 4.90. The van der Waals surface area contributed by atoms with E-state index in [-0.39, 0.29) is 23.5 Å². The van der Waals surface area contributed by atoms with E-state index in [0.29, 0.717) is 6.42 Å². The molecular formula is C16H25NO5S. The van der Waals surface area contributed by atoms with Crippen molar-refractivity contribution in [2.45, 2.75) is 57.6 Å². The molecule has 2 atom stereocenters. The van der Waals surface area contributed by atoms with Gasteiger partial charge in [0.1, 0.15) is 0 Å². The van der Waals surface area contributed by atoms with Gasteiger partial charge in [-0.05, 0) is 39.0 Å². The molecule has 1 amide bonds. The standard InChI is InChI=1S/C16H25NO5S/c1-12(22-15(18)10-13-6-4-3-5-7-13)16(19)17(2)14-8-9-23(20,21)11-14/h10,12,14H,3-9,11H2,1-2H3/t12-,14+/m0/s1. The summed E-state index contributed by atoms with van der Waals surface area (Å²) in [6.45, 7) is 1.53. The van der Waals surface area contributed by atoms with Gasteiger partial charge in [-0.1, -0.05) is 12.0 Å². The molecule has 1 saturated heterocycles. The van der Waals surface area contributed by atoms with E-state index >= 15 is 0 Å². The van der Waals surface area contributed by atoms with Gasteiger partial charge in [0.2, 0.25) is 0 Å². The lowest BCUT2D eigenvalue weighted by Crippen LogP contribution is -2.44. The van der Waals surface area contributed by atoms with Crippen LogP contribution in [0.5, 0.6) is 0 Å². The number of hydrogen-bond acceptors (Lipinski definition) is 5. The highest BCUT2D eigenvalue weighted by molar-refractivity contribution is 7.91. The summed E-state index contributed by atoms with van der Waals surface area (Å²) in [4.78, 5) is 25.6. The van der Waals surface area contributed by atoms with Crippen molar-refractivity contribution in [2.24, 2.45) is 0 Å². The van der Waals surface area contributed by atoms with Crippen LogP contribution in [0.25, 0.3) is 0 Å². The molecular weight excluding hydrogens is 318 g/mol. The number of esters is 1. The largest absolute Gasteiger partial charge is 0.449 e. The molecule has 6 nitrogen and oxygen atoms in total. The van der Waals surface area contributed by atoms with E-state index in [1.165, 1.54) is 24.3 Å². The van der Waals surface area contributed by atoms with Crippen molar-refractivity contribution < 1.29 is 22.7 Å². The Morgan fingerprint density at radius 1 is 1.26 bits per heavy atom. The Kier molecular flexibility index (Phi) is 5.84. The minimum atomic E-state index is -3.05. The van der Waals surface area contributed by atoms with Crippen LogP contribution in [-0.4, -0.2) is 55.9 Å². The molecule has 0 aromatic carbocycles. The van der Waals surface area contributed by atoms with Gasteiger partial charge in [0, 0.05) is 19.2 Å². The quantitative estimate of drug-likeness (QED) is 0.570. The SMILES string of the molecule is C[C@H](OC(=O)C=C1CCCCC1)C(=O)N(C)[C@@H]1CCS(=O)(=O)C1. The first-order chi connectivity index (χ1) is 10.8. The average Bonchev–Trinajstić information content (AvgIpc) is 2.86. The first-order valence-corrected chi connectivity index (χ1v) is 9.98. The van der Waals surface area contributed by atoms with Gasteiger partial charge in [0.05, 0.1) is 11.5 Å². The van der Waals surface area contributed by atoms with Crippen molar-refractivity contribution in [3.05, 3.63) is 11.6 Å². The van der Waals surface area contributed by atoms with Crippen molar-refractivity contribution in [3.63, 3.8) is 0 Å². The Morgan fingerprint density at radius 3 is 2.48 bits per heavy atom. The number of nitrogens with zero attached hydrogens (tertiary/aromatic N) is 1. The van der Waals surface area contributed by atoms with Crippen LogP contribution in [0.4, 0.5) is 0 Å². The van der Waals surface area contributed by atoms with E-state index in [1.54, 1.807) is 7.05 Å². The Labute approximate surface area is 137 Å². The zero-order chi connectivity index (χ0) is 17.0. The fourth-order valence-electron chi connectivity index (χ4n) is 3.12. The molecule has 2 fully saturated rings. The smallest absolute Gasteiger partial charge is 0.331 e. The predicted octanol–water partition coefficient (Wildman–Crippen LogP) is 1.45. The number of sulfone groups is 1. The van der Waals surface area contributed by atoms with Crippen molar-refractivity contribution in [3.8, 4) is 0 Å². The summed E-state index contributed by atoms with van der Waals surface area (Å²) in [7, 11) is -1.49. The van der Waals surface area contributed by atoms with Gasteiger partial charge in [-0.15, -0.1) is 0 Å². The molecule has 2 aliphatic rings. The normalized spacial score (nSPS) is 24.8. The van der Waals surface area contributed by atoms with Crippen LogP contribution < -0.4 is 0 Å². The van der Waals surface area contributed by atoms with E-state index in [9.17, 15) is 18.0 Å². The number of amides is 1. The van der Waals surface area contributed by atoms with Gasteiger partial charge in [-0.2, -0.15) is 0 Å². The number of allylic oxidation sites excluding steroid dienone is 1. The number of carbonyl (C=O) groups excluding carboxylic acids is 2. The number of ether oxygens (including phenoxy) is 1. The minimum Gasteiger partial charge on any atom is -0.449 e. The van der Waals surface area contributed by atoms with Crippen LogP contribution in [0.1, 0.15) is 45.4 Å². The number of likely N-dealkylation sites (N-methyl/N-ethyl adjacent to an activating group) is 1. The monoisotopic (exact) mass is 343 g/mol. The molecule has 1 heterocycles. The molecule has 0 radical (unpaired) electrons. The van der Waals surface area contributed by atoms with Crippen molar-refractivity contribution in [1.29, 1.82) is 0 Å². The summed E-state index contributed by atoms with van der Waals surface area (Å²) < 4.78 is 28.2. The molecule has 0 bridgehead atoms. The third kappa shape index (κ3) is 5.06. The van der Waals surface area contributed by atoms with Gasteiger partial charge in [-0.25, -0.2) is 13.2 Å². The highest BCUT2D eigenvalue weighted by Crippen LogP contribution is 2.23. The number of carbonyl (C=O) groups is 2. The molecule has 1 saturated carbocycles. The lowest BCUT2D eigenvalue weighted by Gasteiger charge is -2.26. The summed E-state index contributed by atoms with van der Waals surface area (Å²) in [5.41, 5.74) is 1.08. The van der Waals surface area contributed by atoms with Crippen LogP contribution in [0.3, 0.4) is 0 Å². The summed E-state index contributed by atoms with van der Waals surface area (Å²) in [6.07, 6.45) is 6.23. The van der Waals surface area contributed by atoms with Crippen LogP contribution in [-0.2, 0) is 24.2 Å². The second kappa shape index (κ2) is 7.47. The summed E-state index contributed by atoms with van der Waals surface area (Å²) in [6, 6.07) is -0.328. The molecule has 23 heavy (non-hydrogen) atoms. The Bertz CT molecular complexity index is 588. The van der Waals surface area contributed by atoms with Crippen molar-refractivity contribution in [2.75, 3.05) is 18.6 Å². The highest BCUT2D eigenvalue weighted by Gasteiger charge is 2.34. The first kappa shape index (κ1) is 18.0. The van der Waals surface area contributed by atoms with E-state index in [4.69, 9.17) is 4.74 Å². The van der Waals surface area contributed by atoms with Gasteiger partial charge < -0.3 is 9.64 Å². The van der Waals surface area contributed by atoms with E-state index in [0.717, 1.165) is 31.3 Å². The maximum absolute atomic E-state index is 12.3. The minimum absolute atomic E-state index is 0.0139. The molecule has 0 N–H and O–H groups in total. The maximum atomic E-state index is 12.3. The van der Waals surface area contributed by atoms with Crippen LogP contribution in [0.15, 0.2) is 11.6 Å². The van der Waals surface area contributed by atoms with Gasteiger partial charge in [0.15, 0.2) is 15.9 Å². The topological polar surface area (TPSA) is 80.8 Å². The van der Waals surface area contributed by atoms with Gasteiger partial charge in [0.25, 0.3) is 5.91 Å². The Hall–Kier alpha value is -1.37. The zero-order valence-electron chi connectivity index (χ0n) is 13.8. The predicted molar refractivity (Wildman–Crippen MR) is 86.6 cm³/mol. The molecule has 1 aliphatic carbocycles. The van der Waals surface area contributed by atoms with E-state index < -0.39 is 21.9 Å². The van der Waals surface area contributed by atoms with Gasteiger partial charge in [-0.3, -0.25) is 4.79 Å². The lowest BCUT2D eigenvalue weighted by molar-refractivity contribution is -0.155. The van der Waals surface area contributed by atoms with Crippen LogP contribution >= 0.6 is 0 Å². The fraction of sp³-hybridized carbons (Fsp3) is 0.750. The maximum Gasteiger partial charge on any atom is 0.331 e.